The summed E-state index contributed by atoms with van der Waals surface area (Å²) in [6.45, 7) is 4.77. The van der Waals surface area contributed by atoms with Crippen molar-refractivity contribution in [1.29, 1.82) is 5.26 Å². The normalized spacial score (nSPS) is 10.5. The van der Waals surface area contributed by atoms with Gasteiger partial charge in [-0.2, -0.15) is 5.26 Å². The van der Waals surface area contributed by atoms with E-state index in [2.05, 4.69) is 42.2 Å². The van der Waals surface area contributed by atoms with Crippen LogP contribution in [0, 0.1) is 11.3 Å². The Kier molecular flexibility index (Phi) is 5.17. The summed E-state index contributed by atoms with van der Waals surface area (Å²) in [5.74, 6) is 0. The minimum atomic E-state index is 0.602. The van der Waals surface area contributed by atoms with Gasteiger partial charge in [0.05, 0.1) is 11.6 Å². The second kappa shape index (κ2) is 7.09. The average Bonchev–Trinajstić information content (AvgIpc) is 2.49. The molecule has 102 valence electrons. The third-order valence-corrected chi connectivity index (χ3v) is 3.62. The number of hydrogen-bond acceptors (Lipinski definition) is 2. The number of rotatable bonds is 5. The topological polar surface area (TPSA) is 27.0 Å². The van der Waals surface area contributed by atoms with Crippen LogP contribution in [0.3, 0.4) is 0 Å². The summed E-state index contributed by atoms with van der Waals surface area (Å²) >= 11 is 6.23. The van der Waals surface area contributed by atoms with Crippen LogP contribution in [0.2, 0.25) is 5.02 Å². The van der Waals surface area contributed by atoms with E-state index in [0.717, 1.165) is 25.2 Å². The van der Waals surface area contributed by atoms with Crippen molar-refractivity contribution >= 4 is 11.6 Å². The molecular formula is C17H17ClN2. The maximum atomic E-state index is 8.86. The molecule has 2 nitrogen and oxygen atoms in total. The summed E-state index contributed by atoms with van der Waals surface area (Å²) < 4.78 is 0. The summed E-state index contributed by atoms with van der Waals surface area (Å²) in [4.78, 5) is 2.32. The highest BCUT2D eigenvalue weighted by Crippen LogP contribution is 2.20. The highest BCUT2D eigenvalue weighted by atomic mass is 35.5. The second-order valence-corrected chi connectivity index (χ2v) is 5.11. The minimum absolute atomic E-state index is 0.602. The van der Waals surface area contributed by atoms with E-state index in [1.54, 1.807) is 6.07 Å². The van der Waals surface area contributed by atoms with Gasteiger partial charge in [-0.1, -0.05) is 54.9 Å². The number of halogens is 1. The van der Waals surface area contributed by atoms with Gasteiger partial charge < -0.3 is 0 Å². The van der Waals surface area contributed by atoms with Gasteiger partial charge in [0.25, 0.3) is 0 Å². The van der Waals surface area contributed by atoms with Gasteiger partial charge in [-0.3, -0.25) is 4.90 Å². The molecule has 0 bridgehead atoms. The zero-order chi connectivity index (χ0) is 14.4. The van der Waals surface area contributed by atoms with Crippen LogP contribution in [0.1, 0.15) is 23.6 Å². The molecule has 2 aromatic carbocycles. The van der Waals surface area contributed by atoms with E-state index in [-0.39, 0.29) is 0 Å². The van der Waals surface area contributed by atoms with E-state index in [1.807, 2.05) is 18.2 Å². The largest absolute Gasteiger partial charge is 0.295 e. The third-order valence-electron chi connectivity index (χ3n) is 3.27. The molecule has 0 aliphatic carbocycles. The highest BCUT2D eigenvalue weighted by molar-refractivity contribution is 6.31. The summed E-state index contributed by atoms with van der Waals surface area (Å²) in [5.41, 5.74) is 2.95. The molecule has 0 saturated heterocycles. The average molecular weight is 285 g/mol. The van der Waals surface area contributed by atoms with Gasteiger partial charge in [0, 0.05) is 18.1 Å². The Morgan fingerprint density at radius 2 is 1.85 bits per heavy atom. The van der Waals surface area contributed by atoms with Crippen LogP contribution in [0.5, 0.6) is 0 Å². The molecule has 0 aliphatic rings. The lowest BCUT2D eigenvalue weighted by Crippen LogP contribution is -2.22. The molecule has 0 radical (unpaired) electrons. The molecule has 0 heterocycles. The van der Waals surface area contributed by atoms with Gasteiger partial charge in [-0.05, 0) is 29.8 Å². The van der Waals surface area contributed by atoms with Gasteiger partial charge in [0.1, 0.15) is 0 Å². The molecule has 2 aromatic rings. The van der Waals surface area contributed by atoms with Crippen molar-refractivity contribution in [3.05, 3.63) is 70.2 Å². The Bertz CT molecular complexity index is 602. The molecule has 0 N–H and O–H groups in total. The van der Waals surface area contributed by atoms with Crippen LogP contribution in [-0.2, 0) is 13.1 Å². The monoisotopic (exact) mass is 284 g/mol. The fraction of sp³-hybridized carbons (Fsp3) is 0.235. The molecule has 0 aliphatic heterocycles. The number of hydrogen-bond donors (Lipinski definition) is 0. The van der Waals surface area contributed by atoms with Crippen molar-refractivity contribution < 1.29 is 0 Å². The van der Waals surface area contributed by atoms with Gasteiger partial charge in [0.15, 0.2) is 0 Å². The van der Waals surface area contributed by atoms with E-state index in [0.29, 0.717) is 10.6 Å². The molecule has 3 heteroatoms. The van der Waals surface area contributed by atoms with Crippen LogP contribution in [0.15, 0.2) is 48.5 Å². The molecule has 0 unspecified atom stereocenters. The highest BCUT2D eigenvalue weighted by Gasteiger charge is 2.08. The first-order valence-corrected chi connectivity index (χ1v) is 7.05. The van der Waals surface area contributed by atoms with Crippen LogP contribution < -0.4 is 0 Å². The Morgan fingerprint density at radius 3 is 2.45 bits per heavy atom. The van der Waals surface area contributed by atoms with Crippen molar-refractivity contribution in [3.63, 3.8) is 0 Å². The molecule has 0 fully saturated rings. The van der Waals surface area contributed by atoms with Gasteiger partial charge in [0.2, 0.25) is 0 Å². The maximum absolute atomic E-state index is 8.86. The maximum Gasteiger partial charge on any atom is 0.0992 e. The summed E-state index contributed by atoms with van der Waals surface area (Å²) in [6, 6.07) is 18.0. The number of nitriles is 1. The zero-order valence-electron chi connectivity index (χ0n) is 11.5. The molecule has 0 saturated carbocycles. The predicted octanol–water partition coefficient (Wildman–Crippen LogP) is 4.23. The van der Waals surface area contributed by atoms with Crippen molar-refractivity contribution in [3.8, 4) is 6.07 Å². The lowest BCUT2D eigenvalue weighted by molar-refractivity contribution is 0.271. The Hall–Kier alpha value is -1.82. The van der Waals surface area contributed by atoms with E-state index >= 15 is 0 Å². The van der Waals surface area contributed by atoms with Crippen LogP contribution in [0.25, 0.3) is 0 Å². The van der Waals surface area contributed by atoms with E-state index in [4.69, 9.17) is 16.9 Å². The lowest BCUT2D eigenvalue weighted by Gasteiger charge is -2.21. The lowest BCUT2D eigenvalue weighted by atomic mass is 10.1. The molecule has 0 aromatic heterocycles. The first kappa shape index (κ1) is 14.6. The first-order valence-electron chi connectivity index (χ1n) is 6.67. The number of nitrogens with zero attached hydrogens (tertiary/aromatic N) is 2. The smallest absolute Gasteiger partial charge is 0.0992 e. The fourth-order valence-electron chi connectivity index (χ4n) is 2.11. The van der Waals surface area contributed by atoms with Crippen molar-refractivity contribution in [2.24, 2.45) is 0 Å². The molecular weight excluding hydrogens is 268 g/mol. The molecule has 2 rings (SSSR count). The van der Waals surface area contributed by atoms with E-state index in [9.17, 15) is 0 Å². The van der Waals surface area contributed by atoms with Gasteiger partial charge >= 0.3 is 0 Å². The summed E-state index contributed by atoms with van der Waals surface area (Å²) in [7, 11) is 0. The molecule has 0 atom stereocenters. The molecule has 0 amide bonds. The Morgan fingerprint density at radius 1 is 1.10 bits per heavy atom. The Balaban J connectivity index is 2.09. The minimum Gasteiger partial charge on any atom is -0.295 e. The summed E-state index contributed by atoms with van der Waals surface area (Å²) in [6.07, 6.45) is 0. The fourth-order valence-corrected chi connectivity index (χ4v) is 2.35. The second-order valence-electron chi connectivity index (χ2n) is 4.71. The van der Waals surface area contributed by atoms with Crippen molar-refractivity contribution in [2.75, 3.05) is 6.54 Å². The van der Waals surface area contributed by atoms with Crippen LogP contribution >= 0.6 is 11.6 Å². The predicted molar refractivity (Wildman–Crippen MR) is 82.4 cm³/mol. The van der Waals surface area contributed by atoms with E-state index in [1.165, 1.54) is 5.56 Å². The van der Waals surface area contributed by atoms with Gasteiger partial charge in [-0.15, -0.1) is 0 Å². The van der Waals surface area contributed by atoms with Gasteiger partial charge in [-0.25, -0.2) is 0 Å². The quantitative estimate of drug-likeness (QED) is 0.821. The number of benzene rings is 2. The van der Waals surface area contributed by atoms with Crippen molar-refractivity contribution in [1.82, 2.24) is 4.90 Å². The molecule has 0 spiro atoms. The summed E-state index contributed by atoms with van der Waals surface area (Å²) in [5, 5.41) is 9.52. The third kappa shape index (κ3) is 3.84. The molecule has 20 heavy (non-hydrogen) atoms. The van der Waals surface area contributed by atoms with Crippen molar-refractivity contribution in [2.45, 2.75) is 20.0 Å². The zero-order valence-corrected chi connectivity index (χ0v) is 12.3. The SMILES string of the molecule is CCN(Cc1ccccc1)Cc1ccc(C#N)cc1Cl. The van der Waals surface area contributed by atoms with Crippen LogP contribution in [-0.4, -0.2) is 11.4 Å². The Labute approximate surface area is 125 Å². The first-order chi connectivity index (χ1) is 9.72. The standard InChI is InChI=1S/C17H17ClN2/c1-2-20(12-14-6-4-3-5-7-14)13-16-9-8-15(11-19)10-17(16)18/h3-10H,2,12-13H2,1H3. The van der Waals surface area contributed by atoms with Crippen LogP contribution in [0.4, 0.5) is 0 Å². The van der Waals surface area contributed by atoms with E-state index < -0.39 is 0 Å².